The molecule has 1 saturated carbocycles. The molecule has 1 heteroatoms. The molecule has 1 fully saturated rings. The highest BCUT2D eigenvalue weighted by Gasteiger charge is 2.27. The number of hydrogen-bond donors (Lipinski definition) is 0. The van der Waals surface area contributed by atoms with Gasteiger partial charge in [-0.15, -0.1) is 0 Å². The second-order valence-corrected chi connectivity index (χ2v) is 8.16. The molecule has 2 aliphatic rings. The monoisotopic (exact) mass is 340 g/mol. The standard InChI is InChI=1S/C24H36O/c1-3-19-7-13-22(14-8-19)23-15-9-20(10-16-23)5-6-21-11-17-24(18-12-21)25-4-2/h9,11-12,17-19,22-23H,3-8,10,13-16H2,1-2H3. The minimum Gasteiger partial charge on any atom is -0.494 e. The van der Waals surface area contributed by atoms with Crippen molar-refractivity contribution in [3.8, 4) is 5.75 Å². The Morgan fingerprint density at radius 1 is 0.880 bits per heavy atom. The van der Waals surface area contributed by atoms with Crippen LogP contribution in [0, 0.1) is 17.8 Å². The Hall–Kier alpha value is -1.24. The van der Waals surface area contributed by atoms with Gasteiger partial charge in [0.2, 0.25) is 0 Å². The van der Waals surface area contributed by atoms with Crippen molar-refractivity contribution in [2.24, 2.45) is 17.8 Å². The summed E-state index contributed by atoms with van der Waals surface area (Å²) in [6, 6.07) is 8.67. The molecule has 0 saturated heterocycles. The quantitative estimate of drug-likeness (QED) is 0.487. The predicted molar refractivity (Wildman–Crippen MR) is 107 cm³/mol. The van der Waals surface area contributed by atoms with Crippen LogP contribution in [0.4, 0.5) is 0 Å². The van der Waals surface area contributed by atoms with Gasteiger partial charge in [-0.3, -0.25) is 0 Å². The maximum Gasteiger partial charge on any atom is 0.119 e. The number of aryl methyl sites for hydroxylation is 1. The summed E-state index contributed by atoms with van der Waals surface area (Å²) < 4.78 is 5.53. The fourth-order valence-electron chi connectivity index (χ4n) is 4.86. The van der Waals surface area contributed by atoms with E-state index in [1.54, 1.807) is 5.57 Å². The molecule has 1 nitrogen and oxygen atoms in total. The highest BCUT2D eigenvalue weighted by Crippen LogP contribution is 2.40. The highest BCUT2D eigenvalue weighted by molar-refractivity contribution is 5.28. The number of ether oxygens (including phenoxy) is 1. The number of hydrogen-bond acceptors (Lipinski definition) is 1. The van der Waals surface area contributed by atoms with E-state index in [2.05, 4.69) is 37.3 Å². The van der Waals surface area contributed by atoms with E-state index in [4.69, 9.17) is 4.74 Å². The molecule has 2 aliphatic carbocycles. The van der Waals surface area contributed by atoms with Crippen LogP contribution < -0.4 is 4.74 Å². The van der Waals surface area contributed by atoms with Gasteiger partial charge in [-0.25, -0.2) is 0 Å². The van der Waals surface area contributed by atoms with Crippen LogP contribution in [-0.2, 0) is 6.42 Å². The zero-order valence-corrected chi connectivity index (χ0v) is 16.3. The van der Waals surface area contributed by atoms with Crippen molar-refractivity contribution >= 4 is 0 Å². The first-order valence-corrected chi connectivity index (χ1v) is 10.7. The Morgan fingerprint density at radius 3 is 2.24 bits per heavy atom. The first-order chi connectivity index (χ1) is 12.3. The van der Waals surface area contributed by atoms with Gasteiger partial charge in [-0.05, 0) is 87.3 Å². The third kappa shape index (κ3) is 5.36. The lowest BCUT2D eigenvalue weighted by atomic mass is 9.71. The average molecular weight is 341 g/mol. The third-order valence-electron chi connectivity index (χ3n) is 6.65. The zero-order chi connectivity index (χ0) is 17.5. The number of allylic oxidation sites excluding steroid dienone is 2. The van der Waals surface area contributed by atoms with Crippen LogP contribution in [0.15, 0.2) is 35.9 Å². The van der Waals surface area contributed by atoms with Gasteiger partial charge in [-0.2, -0.15) is 0 Å². The lowest BCUT2D eigenvalue weighted by Crippen LogP contribution is -2.23. The van der Waals surface area contributed by atoms with Crippen molar-refractivity contribution in [3.05, 3.63) is 41.5 Å². The summed E-state index contributed by atoms with van der Waals surface area (Å²) in [7, 11) is 0. The van der Waals surface area contributed by atoms with E-state index in [1.807, 2.05) is 6.92 Å². The average Bonchev–Trinajstić information content (AvgIpc) is 2.68. The van der Waals surface area contributed by atoms with Crippen molar-refractivity contribution in [1.29, 1.82) is 0 Å². The molecule has 3 rings (SSSR count). The Bertz CT molecular complexity index is 534. The van der Waals surface area contributed by atoms with Gasteiger partial charge in [0, 0.05) is 0 Å². The van der Waals surface area contributed by atoms with E-state index < -0.39 is 0 Å². The second-order valence-electron chi connectivity index (χ2n) is 8.16. The van der Waals surface area contributed by atoms with Crippen molar-refractivity contribution < 1.29 is 4.74 Å². The van der Waals surface area contributed by atoms with Gasteiger partial charge in [0.1, 0.15) is 5.75 Å². The normalized spacial score (nSPS) is 27.0. The van der Waals surface area contributed by atoms with Gasteiger partial charge in [0.15, 0.2) is 0 Å². The summed E-state index contributed by atoms with van der Waals surface area (Å²) in [5.74, 6) is 4.02. The third-order valence-corrected chi connectivity index (χ3v) is 6.65. The smallest absolute Gasteiger partial charge is 0.119 e. The van der Waals surface area contributed by atoms with Crippen LogP contribution in [0.5, 0.6) is 5.75 Å². The summed E-state index contributed by atoms with van der Waals surface area (Å²) in [6.07, 6.45) is 16.5. The Labute approximate surface area is 154 Å². The Kier molecular flexibility index (Phi) is 7.02. The molecule has 1 unspecified atom stereocenters. The molecule has 0 heterocycles. The van der Waals surface area contributed by atoms with Gasteiger partial charge in [0.05, 0.1) is 6.61 Å². The SMILES string of the molecule is CCOc1ccc(CCC2=CCC(C3CCC(CC)CC3)CC2)cc1. The molecule has 0 aromatic heterocycles. The van der Waals surface area contributed by atoms with E-state index in [-0.39, 0.29) is 0 Å². The molecule has 0 bridgehead atoms. The van der Waals surface area contributed by atoms with Crippen LogP contribution in [-0.4, -0.2) is 6.61 Å². The topological polar surface area (TPSA) is 9.23 Å². The maximum atomic E-state index is 5.53. The minimum atomic E-state index is 0.744. The molecule has 0 aliphatic heterocycles. The van der Waals surface area contributed by atoms with Gasteiger partial charge in [0.25, 0.3) is 0 Å². The molecule has 0 spiro atoms. The van der Waals surface area contributed by atoms with Crippen LogP contribution in [0.1, 0.15) is 77.2 Å². The second kappa shape index (κ2) is 9.46. The van der Waals surface area contributed by atoms with Crippen LogP contribution in [0.2, 0.25) is 0 Å². The Balaban J connectivity index is 1.42. The summed E-state index contributed by atoms with van der Waals surface area (Å²) in [5.41, 5.74) is 3.14. The largest absolute Gasteiger partial charge is 0.494 e. The van der Waals surface area contributed by atoms with Crippen LogP contribution in [0.25, 0.3) is 0 Å². The lowest BCUT2D eigenvalue weighted by Gasteiger charge is -2.35. The van der Waals surface area contributed by atoms with Crippen LogP contribution >= 0.6 is 0 Å². The number of rotatable bonds is 7. The van der Waals surface area contributed by atoms with Crippen molar-refractivity contribution in [2.75, 3.05) is 6.61 Å². The molecule has 1 aromatic rings. The molecular formula is C24H36O. The van der Waals surface area contributed by atoms with Crippen molar-refractivity contribution in [1.82, 2.24) is 0 Å². The van der Waals surface area contributed by atoms with E-state index in [0.29, 0.717) is 0 Å². The molecule has 1 aromatic carbocycles. The van der Waals surface area contributed by atoms with E-state index in [1.165, 1.54) is 69.8 Å². The first kappa shape index (κ1) is 18.5. The molecule has 0 radical (unpaired) electrons. The lowest BCUT2D eigenvalue weighted by molar-refractivity contribution is 0.189. The summed E-state index contributed by atoms with van der Waals surface area (Å²) >= 11 is 0. The van der Waals surface area contributed by atoms with E-state index in [9.17, 15) is 0 Å². The van der Waals surface area contributed by atoms with E-state index in [0.717, 1.165) is 30.1 Å². The predicted octanol–water partition coefficient (Wildman–Crippen LogP) is 6.96. The molecule has 138 valence electrons. The molecule has 0 amide bonds. The summed E-state index contributed by atoms with van der Waals surface area (Å²) in [6.45, 7) is 5.14. The summed E-state index contributed by atoms with van der Waals surface area (Å²) in [4.78, 5) is 0. The zero-order valence-electron chi connectivity index (χ0n) is 16.3. The van der Waals surface area contributed by atoms with Gasteiger partial charge < -0.3 is 4.74 Å². The highest BCUT2D eigenvalue weighted by atomic mass is 16.5. The fraction of sp³-hybridized carbons (Fsp3) is 0.667. The molecular weight excluding hydrogens is 304 g/mol. The van der Waals surface area contributed by atoms with Gasteiger partial charge >= 0.3 is 0 Å². The fourth-order valence-corrected chi connectivity index (χ4v) is 4.86. The maximum absolute atomic E-state index is 5.53. The van der Waals surface area contributed by atoms with Gasteiger partial charge in [-0.1, -0.05) is 50.0 Å². The van der Waals surface area contributed by atoms with Crippen LogP contribution in [0.3, 0.4) is 0 Å². The van der Waals surface area contributed by atoms with Crippen molar-refractivity contribution in [2.45, 2.75) is 78.1 Å². The number of benzene rings is 1. The Morgan fingerprint density at radius 2 is 1.64 bits per heavy atom. The molecule has 0 N–H and O–H groups in total. The molecule has 25 heavy (non-hydrogen) atoms. The van der Waals surface area contributed by atoms with Crippen molar-refractivity contribution in [3.63, 3.8) is 0 Å². The minimum absolute atomic E-state index is 0.744. The summed E-state index contributed by atoms with van der Waals surface area (Å²) in [5, 5.41) is 0. The first-order valence-electron chi connectivity index (χ1n) is 10.7. The van der Waals surface area contributed by atoms with E-state index >= 15 is 0 Å². The molecule has 1 atom stereocenters.